The zero-order chi connectivity index (χ0) is 15.0. The fraction of sp³-hybridized carbons (Fsp3) is 0. The van der Waals surface area contributed by atoms with E-state index in [2.05, 4.69) is 33.4 Å². The van der Waals surface area contributed by atoms with Gasteiger partial charge in [-0.25, -0.2) is 15.0 Å². The van der Waals surface area contributed by atoms with E-state index >= 15 is 0 Å². The molecule has 0 radical (unpaired) electrons. The van der Waals surface area contributed by atoms with E-state index in [1.54, 1.807) is 12.3 Å². The van der Waals surface area contributed by atoms with Crippen LogP contribution in [0.4, 0.5) is 5.82 Å². The van der Waals surface area contributed by atoms with Crippen molar-refractivity contribution in [3.8, 4) is 11.6 Å². The van der Waals surface area contributed by atoms with E-state index in [0.717, 1.165) is 10.6 Å². The van der Waals surface area contributed by atoms with Gasteiger partial charge in [0, 0.05) is 16.8 Å². The van der Waals surface area contributed by atoms with Crippen molar-refractivity contribution >= 4 is 57.4 Å². The van der Waals surface area contributed by atoms with Gasteiger partial charge >= 0.3 is 0 Å². The number of benzene rings is 1. The molecule has 106 valence electrons. The van der Waals surface area contributed by atoms with Gasteiger partial charge in [-0.15, -0.1) is 18.5 Å². The molecule has 8 heteroatoms. The van der Waals surface area contributed by atoms with Crippen LogP contribution in [-0.4, -0.2) is 15.0 Å². The van der Waals surface area contributed by atoms with Gasteiger partial charge in [0.25, 0.3) is 0 Å². The quantitative estimate of drug-likeness (QED) is 0.573. The van der Waals surface area contributed by atoms with Crippen molar-refractivity contribution in [1.29, 1.82) is 0 Å². The Morgan fingerprint density at radius 3 is 2.71 bits per heavy atom. The smallest absolute Gasteiger partial charge is 0.224 e. The lowest BCUT2D eigenvalue weighted by Gasteiger charge is -2.09. The van der Waals surface area contributed by atoms with Crippen LogP contribution >= 0.6 is 30.1 Å². The highest BCUT2D eigenvalue weighted by molar-refractivity contribution is 7.29. The van der Waals surface area contributed by atoms with Gasteiger partial charge in [-0.05, 0) is 29.0 Å². The molecule has 2 N–H and O–H groups in total. The van der Waals surface area contributed by atoms with Gasteiger partial charge in [0.2, 0.25) is 11.2 Å². The third-order valence-electron chi connectivity index (χ3n) is 2.81. The molecule has 0 spiro atoms. The zero-order valence-corrected chi connectivity index (χ0v) is 13.8. The average Bonchev–Trinajstić information content (AvgIpc) is 2.42. The van der Waals surface area contributed by atoms with Gasteiger partial charge in [0.05, 0.1) is 11.7 Å². The zero-order valence-electron chi connectivity index (χ0n) is 10.7. The van der Waals surface area contributed by atoms with E-state index in [4.69, 9.17) is 22.1 Å². The molecule has 2 aromatic heterocycles. The molecule has 0 saturated carbocycles. The lowest BCUT2D eigenvalue weighted by atomic mass is 10.3. The molecule has 2 unspecified atom stereocenters. The Labute approximate surface area is 130 Å². The van der Waals surface area contributed by atoms with Gasteiger partial charge in [-0.1, -0.05) is 6.07 Å². The third kappa shape index (κ3) is 3.06. The Hall–Kier alpha value is -1.54. The van der Waals surface area contributed by atoms with E-state index in [1.165, 1.54) is 0 Å². The van der Waals surface area contributed by atoms with E-state index < -0.39 is 0 Å². The second kappa shape index (κ2) is 5.69. The van der Waals surface area contributed by atoms with E-state index in [-0.39, 0.29) is 5.28 Å². The molecular formula is C13H11ClN4OP2. The predicted octanol–water partition coefficient (Wildman–Crippen LogP) is 2.05. The second-order valence-electron chi connectivity index (χ2n) is 4.32. The molecule has 3 aromatic rings. The summed E-state index contributed by atoms with van der Waals surface area (Å²) in [6.45, 7) is 0. The van der Waals surface area contributed by atoms with Crippen LogP contribution in [0.15, 0.2) is 30.5 Å². The number of hydrogen-bond acceptors (Lipinski definition) is 5. The van der Waals surface area contributed by atoms with E-state index in [0.29, 0.717) is 28.4 Å². The van der Waals surface area contributed by atoms with Gasteiger partial charge in [0.15, 0.2) is 0 Å². The van der Waals surface area contributed by atoms with Gasteiger partial charge in [-0.3, -0.25) is 0 Å². The van der Waals surface area contributed by atoms with Crippen LogP contribution in [0, 0.1) is 0 Å². The maximum absolute atomic E-state index is 5.84. The Kier molecular flexibility index (Phi) is 3.90. The SMILES string of the molecule is Nc1nc(Cl)nc2cnc(Oc3ccc(P)cc3P)cc12. The van der Waals surface area contributed by atoms with Gasteiger partial charge < -0.3 is 10.5 Å². The first-order valence-corrected chi connectivity index (χ1v) is 7.48. The topological polar surface area (TPSA) is 73.9 Å². The molecule has 0 saturated heterocycles. The summed E-state index contributed by atoms with van der Waals surface area (Å²) in [6.07, 6.45) is 1.56. The number of hydrogen-bond donors (Lipinski definition) is 1. The summed E-state index contributed by atoms with van der Waals surface area (Å²) in [6, 6.07) is 7.48. The fourth-order valence-electron chi connectivity index (χ4n) is 1.84. The Morgan fingerprint density at radius 1 is 1.14 bits per heavy atom. The number of nitrogens with zero attached hydrogens (tertiary/aromatic N) is 3. The van der Waals surface area contributed by atoms with Crippen LogP contribution in [0.3, 0.4) is 0 Å². The molecule has 0 amide bonds. The van der Waals surface area contributed by atoms with Crippen LogP contribution in [0.25, 0.3) is 10.9 Å². The third-order valence-corrected chi connectivity index (χ3v) is 3.79. The van der Waals surface area contributed by atoms with Crippen LogP contribution in [-0.2, 0) is 0 Å². The molecule has 0 aliphatic heterocycles. The molecule has 1 aromatic carbocycles. The van der Waals surface area contributed by atoms with Crippen molar-refractivity contribution < 1.29 is 4.74 Å². The van der Waals surface area contributed by atoms with Gasteiger partial charge in [0.1, 0.15) is 11.6 Å². The molecule has 2 atom stereocenters. The number of anilines is 1. The molecule has 0 bridgehead atoms. The number of nitrogens with two attached hydrogens (primary N) is 1. The normalized spacial score (nSPS) is 10.8. The standard InChI is InChI=1S/C13H11ClN4OP2/c14-13-17-8-5-16-11(4-7(8)12(15)18-13)19-9-2-1-6(20)3-10(9)21/h1-5H,20-21H2,(H2,15,17,18). The number of rotatable bonds is 2. The van der Waals surface area contributed by atoms with E-state index in [1.807, 2.05) is 18.2 Å². The van der Waals surface area contributed by atoms with Crippen molar-refractivity contribution in [2.45, 2.75) is 0 Å². The number of nitrogen functional groups attached to an aromatic ring is 1. The van der Waals surface area contributed by atoms with Crippen molar-refractivity contribution in [3.05, 3.63) is 35.7 Å². The summed E-state index contributed by atoms with van der Waals surface area (Å²) in [4.78, 5) is 12.2. The summed E-state index contributed by atoms with van der Waals surface area (Å²) >= 11 is 5.76. The van der Waals surface area contributed by atoms with Crippen LogP contribution < -0.4 is 21.1 Å². The highest BCUT2D eigenvalue weighted by Crippen LogP contribution is 2.25. The van der Waals surface area contributed by atoms with Crippen LogP contribution in [0.1, 0.15) is 0 Å². The fourth-order valence-corrected chi connectivity index (χ4v) is 2.83. The Bertz CT molecular complexity index is 844. The van der Waals surface area contributed by atoms with E-state index in [9.17, 15) is 0 Å². The summed E-state index contributed by atoms with van der Waals surface area (Å²) in [7, 11) is 5.26. The van der Waals surface area contributed by atoms with Crippen molar-refractivity contribution in [3.63, 3.8) is 0 Å². The lowest BCUT2D eigenvalue weighted by Crippen LogP contribution is -2.04. The van der Waals surface area contributed by atoms with Gasteiger partial charge in [-0.2, -0.15) is 0 Å². The number of fused-ring (bicyclic) bond motifs is 1. The number of aromatic nitrogens is 3. The average molecular weight is 337 g/mol. The van der Waals surface area contributed by atoms with Crippen LogP contribution in [0.5, 0.6) is 11.6 Å². The minimum atomic E-state index is 0.0961. The van der Waals surface area contributed by atoms with Crippen molar-refractivity contribution in [2.75, 3.05) is 5.73 Å². The minimum absolute atomic E-state index is 0.0961. The molecule has 0 aliphatic rings. The Balaban J connectivity index is 2.01. The largest absolute Gasteiger partial charge is 0.438 e. The summed E-state index contributed by atoms with van der Waals surface area (Å²) < 4.78 is 5.77. The lowest BCUT2D eigenvalue weighted by molar-refractivity contribution is 0.468. The second-order valence-corrected chi connectivity index (χ2v) is 5.94. The maximum Gasteiger partial charge on any atom is 0.224 e. The summed E-state index contributed by atoms with van der Waals surface area (Å²) in [5.74, 6) is 1.41. The highest BCUT2D eigenvalue weighted by atomic mass is 35.5. The number of halogens is 1. The minimum Gasteiger partial charge on any atom is -0.438 e. The molecule has 3 rings (SSSR count). The first-order chi connectivity index (χ1) is 10.0. The molecule has 5 nitrogen and oxygen atoms in total. The maximum atomic E-state index is 5.84. The van der Waals surface area contributed by atoms with Crippen molar-refractivity contribution in [2.24, 2.45) is 0 Å². The monoisotopic (exact) mass is 336 g/mol. The Morgan fingerprint density at radius 2 is 1.95 bits per heavy atom. The van der Waals surface area contributed by atoms with Crippen molar-refractivity contribution in [1.82, 2.24) is 15.0 Å². The number of pyridine rings is 1. The molecule has 0 fully saturated rings. The predicted molar refractivity (Wildman–Crippen MR) is 92.0 cm³/mol. The first kappa shape index (κ1) is 14.4. The summed E-state index contributed by atoms with van der Waals surface area (Å²) in [5, 5.41) is 2.76. The number of ether oxygens (including phenoxy) is 1. The van der Waals surface area contributed by atoms with Crippen LogP contribution in [0.2, 0.25) is 5.28 Å². The molecule has 21 heavy (non-hydrogen) atoms. The first-order valence-electron chi connectivity index (χ1n) is 5.94. The summed E-state index contributed by atoms with van der Waals surface area (Å²) in [5.41, 5.74) is 6.42. The molecule has 2 heterocycles. The molecular weight excluding hydrogens is 326 g/mol. The highest BCUT2D eigenvalue weighted by Gasteiger charge is 2.08. The molecule has 0 aliphatic carbocycles.